The molecule has 17 nitrogen and oxygen atoms in total. The Morgan fingerprint density at radius 3 is 0.773 bits per heavy atom. The Kier molecular flexibility index (Phi) is 59.9. The van der Waals surface area contributed by atoms with E-state index in [0.717, 1.165) is 108 Å². The highest BCUT2D eigenvalue weighted by atomic mass is 31.2. The van der Waals surface area contributed by atoms with Crippen LogP contribution in [0.5, 0.6) is 0 Å². The molecule has 0 heterocycles. The summed E-state index contributed by atoms with van der Waals surface area (Å²) in [5.74, 6) is -0.638. The zero-order chi connectivity index (χ0) is 65.0. The van der Waals surface area contributed by atoms with E-state index in [0.29, 0.717) is 25.7 Å². The second kappa shape index (κ2) is 61.3. The second-order valence-electron chi connectivity index (χ2n) is 25.9. The van der Waals surface area contributed by atoms with Gasteiger partial charge >= 0.3 is 39.5 Å². The summed E-state index contributed by atoms with van der Waals surface area (Å²) in [6, 6.07) is 0. The van der Waals surface area contributed by atoms with Gasteiger partial charge in [-0.25, -0.2) is 9.13 Å². The summed E-state index contributed by atoms with van der Waals surface area (Å²) in [4.78, 5) is 72.4. The van der Waals surface area contributed by atoms with Gasteiger partial charge in [-0.05, 0) is 37.5 Å². The Balaban J connectivity index is 5.23. The molecule has 88 heavy (non-hydrogen) atoms. The summed E-state index contributed by atoms with van der Waals surface area (Å²) >= 11 is 0. The quantitative estimate of drug-likeness (QED) is 0.0222. The van der Waals surface area contributed by atoms with Crippen molar-refractivity contribution < 1.29 is 80.2 Å². The van der Waals surface area contributed by atoms with Gasteiger partial charge in [0.05, 0.1) is 26.4 Å². The van der Waals surface area contributed by atoms with Gasteiger partial charge in [0.15, 0.2) is 12.2 Å². The molecule has 2 unspecified atom stereocenters. The van der Waals surface area contributed by atoms with Crippen molar-refractivity contribution >= 4 is 39.5 Å². The number of phosphoric ester groups is 2. The summed E-state index contributed by atoms with van der Waals surface area (Å²) in [6.07, 6.45) is 45.8. The third kappa shape index (κ3) is 62.8. The van der Waals surface area contributed by atoms with Crippen LogP contribution in [0.3, 0.4) is 0 Å². The molecule has 0 amide bonds. The van der Waals surface area contributed by atoms with Crippen molar-refractivity contribution in [3.8, 4) is 0 Å². The lowest BCUT2D eigenvalue weighted by Crippen LogP contribution is -2.30. The van der Waals surface area contributed by atoms with Gasteiger partial charge in [-0.1, -0.05) is 298 Å². The summed E-state index contributed by atoms with van der Waals surface area (Å²) in [6.45, 7) is 9.48. The Labute approximate surface area is 537 Å². The van der Waals surface area contributed by atoms with Crippen molar-refractivity contribution in [2.24, 2.45) is 11.8 Å². The Morgan fingerprint density at radius 2 is 0.523 bits per heavy atom. The first-order chi connectivity index (χ1) is 42.4. The molecule has 5 atom stereocenters. The minimum atomic E-state index is -4.95. The Morgan fingerprint density at radius 1 is 0.307 bits per heavy atom. The summed E-state index contributed by atoms with van der Waals surface area (Å²) in [5, 5.41) is 10.6. The maximum Gasteiger partial charge on any atom is 0.472 e. The van der Waals surface area contributed by atoms with Gasteiger partial charge in [-0.15, -0.1) is 0 Å². The number of carbonyl (C=O) groups excluding carboxylic acids is 4. The molecule has 0 aliphatic heterocycles. The number of esters is 4. The van der Waals surface area contributed by atoms with Gasteiger partial charge in [0.25, 0.3) is 0 Å². The average Bonchev–Trinajstić information content (AvgIpc) is 3.61. The lowest BCUT2D eigenvalue weighted by atomic mass is 10.0. The minimum Gasteiger partial charge on any atom is -0.462 e. The minimum absolute atomic E-state index is 0.104. The molecule has 3 N–H and O–H groups in total. The molecule has 0 aromatic rings. The molecule has 19 heteroatoms. The SMILES string of the molecule is CCCCCCCCCCCCCCCCCC(=O)O[C@H](COC(=O)CCCCCCCCCCCCCC(C)C)COP(=O)(O)OC[C@@H](O)COP(=O)(O)OC[C@@H](COC(=O)CCCCCCCCCC)OC(=O)CCCCCCCCCCC(C)C. The predicted octanol–water partition coefficient (Wildman–Crippen LogP) is 19.6. The topological polar surface area (TPSA) is 237 Å². The highest BCUT2D eigenvalue weighted by Crippen LogP contribution is 2.45. The smallest absolute Gasteiger partial charge is 0.462 e. The van der Waals surface area contributed by atoms with Gasteiger partial charge in [0.2, 0.25) is 0 Å². The van der Waals surface area contributed by atoms with Crippen LogP contribution in [-0.4, -0.2) is 96.7 Å². The predicted molar refractivity (Wildman–Crippen MR) is 354 cm³/mol. The van der Waals surface area contributed by atoms with E-state index in [4.69, 9.17) is 37.0 Å². The number of aliphatic hydroxyl groups excluding tert-OH is 1. The third-order valence-corrected chi connectivity index (χ3v) is 17.9. The van der Waals surface area contributed by atoms with E-state index in [-0.39, 0.29) is 25.7 Å². The van der Waals surface area contributed by atoms with Crippen molar-refractivity contribution in [3.63, 3.8) is 0 Å². The molecule has 0 aromatic heterocycles. The van der Waals surface area contributed by atoms with Crippen molar-refractivity contribution in [2.45, 2.75) is 368 Å². The van der Waals surface area contributed by atoms with Crippen LogP contribution in [0.15, 0.2) is 0 Å². The monoisotopic (exact) mass is 1300 g/mol. The van der Waals surface area contributed by atoms with Crippen LogP contribution >= 0.6 is 15.6 Å². The lowest BCUT2D eigenvalue weighted by molar-refractivity contribution is -0.161. The Hall–Kier alpha value is -1.94. The van der Waals surface area contributed by atoms with Gasteiger partial charge < -0.3 is 33.8 Å². The average molecular weight is 1300 g/mol. The first-order valence-corrected chi connectivity index (χ1v) is 39.0. The number of rotatable bonds is 68. The van der Waals surface area contributed by atoms with E-state index in [1.54, 1.807) is 0 Å². The van der Waals surface area contributed by atoms with Crippen LogP contribution in [0.25, 0.3) is 0 Å². The largest absolute Gasteiger partial charge is 0.472 e. The van der Waals surface area contributed by atoms with Crippen LogP contribution in [-0.2, 0) is 65.4 Å². The maximum absolute atomic E-state index is 13.0. The zero-order valence-electron chi connectivity index (χ0n) is 57.0. The van der Waals surface area contributed by atoms with Crippen molar-refractivity contribution in [1.29, 1.82) is 0 Å². The molecule has 0 aliphatic carbocycles. The molecule has 0 aliphatic rings. The fourth-order valence-electron chi connectivity index (χ4n) is 10.4. The van der Waals surface area contributed by atoms with E-state index in [1.165, 1.54) is 161 Å². The third-order valence-electron chi connectivity index (χ3n) is 16.0. The van der Waals surface area contributed by atoms with E-state index in [1.807, 2.05) is 0 Å². The molecular formula is C69H134O17P2. The van der Waals surface area contributed by atoms with E-state index in [2.05, 4.69) is 41.5 Å². The van der Waals surface area contributed by atoms with Crippen molar-refractivity contribution in [1.82, 2.24) is 0 Å². The maximum atomic E-state index is 13.0. The molecule has 0 spiro atoms. The number of aliphatic hydroxyl groups is 1. The fourth-order valence-corrected chi connectivity index (χ4v) is 12.0. The van der Waals surface area contributed by atoms with Gasteiger partial charge in [-0.2, -0.15) is 0 Å². The number of hydrogen-bond donors (Lipinski definition) is 3. The van der Waals surface area contributed by atoms with E-state index < -0.39 is 97.5 Å². The van der Waals surface area contributed by atoms with Crippen LogP contribution in [0.2, 0.25) is 0 Å². The van der Waals surface area contributed by atoms with Crippen LogP contribution in [0.1, 0.15) is 350 Å². The molecule has 0 aromatic carbocycles. The number of hydrogen-bond acceptors (Lipinski definition) is 15. The molecule has 0 fully saturated rings. The highest BCUT2D eigenvalue weighted by molar-refractivity contribution is 7.47. The molecule has 522 valence electrons. The molecule has 0 rings (SSSR count). The van der Waals surface area contributed by atoms with Crippen LogP contribution in [0.4, 0.5) is 0 Å². The second-order valence-corrected chi connectivity index (χ2v) is 28.8. The lowest BCUT2D eigenvalue weighted by Gasteiger charge is -2.21. The van der Waals surface area contributed by atoms with Crippen molar-refractivity contribution in [3.05, 3.63) is 0 Å². The molecule has 0 saturated heterocycles. The van der Waals surface area contributed by atoms with Crippen LogP contribution < -0.4 is 0 Å². The van der Waals surface area contributed by atoms with Gasteiger partial charge in [0, 0.05) is 25.7 Å². The normalized spacial score (nSPS) is 14.2. The number of phosphoric acid groups is 2. The van der Waals surface area contributed by atoms with E-state index >= 15 is 0 Å². The zero-order valence-corrected chi connectivity index (χ0v) is 58.8. The number of carbonyl (C=O) groups is 4. The van der Waals surface area contributed by atoms with E-state index in [9.17, 15) is 43.2 Å². The number of unbranched alkanes of at least 4 members (excludes halogenated alkanes) is 38. The molecule has 0 radical (unpaired) electrons. The van der Waals surface area contributed by atoms with Crippen molar-refractivity contribution in [2.75, 3.05) is 39.6 Å². The number of ether oxygens (including phenoxy) is 4. The summed E-state index contributed by atoms with van der Waals surface area (Å²) in [7, 11) is -9.89. The molecule has 0 saturated carbocycles. The van der Waals surface area contributed by atoms with Crippen LogP contribution in [0, 0.1) is 11.8 Å². The standard InChI is InChI=1S/C69H134O17P2/c1-7-9-11-13-15-17-18-19-20-21-24-28-35-41-47-53-68(73)85-65(58-80-67(72)52-46-40-34-27-25-22-23-26-31-37-43-49-61(3)4)60-84-88(77,78)82-56-63(70)55-81-87(75,76)83-59-64(57-79-66(71)51-45-39-33-16-14-12-10-8-2)86-69(74)54-48-42-36-30-29-32-38-44-50-62(5)6/h61-65,70H,7-60H2,1-6H3,(H,75,76)(H,77,78)/t63-,64+,65+/m0/s1. The van der Waals surface area contributed by atoms with Gasteiger partial charge in [-0.3, -0.25) is 37.3 Å². The fraction of sp³-hybridized carbons (Fsp3) is 0.942. The highest BCUT2D eigenvalue weighted by Gasteiger charge is 2.30. The first-order valence-electron chi connectivity index (χ1n) is 36.0. The van der Waals surface area contributed by atoms with Gasteiger partial charge in [0.1, 0.15) is 19.3 Å². The Bertz CT molecular complexity index is 1720. The summed E-state index contributed by atoms with van der Waals surface area (Å²) in [5.41, 5.74) is 0. The first kappa shape index (κ1) is 86.1. The molecule has 0 bridgehead atoms. The summed E-state index contributed by atoms with van der Waals surface area (Å²) < 4.78 is 68.2. The molecular weight excluding hydrogens is 1160 g/mol.